The van der Waals surface area contributed by atoms with Crippen LogP contribution in [0.1, 0.15) is 149 Å². The topological polar surface area (TPSA) is 89.9 Å². The van der Waals surface area contributed by atoms with Gasteiger partial charge < -0.3 is 14.6 Å². The zero-order chi connectivity index (χ0) is 26.2. The summed E-state index contributed by atoms with van der Waals surface area (Å²) in [5.41, 5.74) is 0. The molecule has 0 heterocycles. The molecule has 0 radical (unpaired) electrons. The molecule has 0 rings (SSSR count). The van der Waals surface area contributed by atoms with Crippen molar-refractivity contribution in [2.45, 2.75) is 161 Å². The minimum atomic E-state index is -1.33. The van der Waals surface area contributed by atoms with Gasteiger partial charge in [-0.1, -0.05) is 111 Å². The van der Waals surface area contributed by atoms with E-state index in [2.05, 4.69) is 6.92 Å². The van der Waals surface area contributed by atoms with Gasteiger partial charge in [-0.3, -0.25) is 14.4 Å². The zero-order valence-corrected chi connectivity index (χ0v) is 23.0. The number of carbonyl (C=O) groups is 3. The van der Waals surface area contributed by atoms with E-state index in [1.165, 1.54) is 77.0 Å². The van der Waals surface area contributed by atoms with E-state index < -0.39 is 18.2 Å². The molecule has 0 saturated heterocycles. The summed E-state index contributed by atoms with van der Waals surface area (Å²) < 4.78 is 10.3. The fourth-order valence-corrected chi connectivity index (χ4v) is 4.13. The van der Waals surface area contributed by atoms with Gasteiger partial charge in [0.1, 0.15) is 12.7 Å². The smallest absolute Gasteiger partial charge is 0.306 e. The fraction of sp³-hybridized carbons (Fsp3) is 0.897. The quantitative estimate of drug-likeness (QED) is 0.105. The Bertz CT molecular complexity index is 533. The second kappa shape index (κ2) is 24.3. The molecule has 0 amide bonds. The number of carbonyl (C=O) groups excluding carboxylic acids is 3. The van der Waals surface area contributed by atoms with Crippen molar-refractivity contribution >= 4 is 17.7 Å². The molecule has 0 aliphatic heterocycles. The molecule has 6 nitrogen and oxygen atoms in total. The lowest BCUT2D eigenvalue weighted by molar-refractivity contribution is -0.167. The summed E-state index contributed by atoms with van der Waals surface area (Å²) in [5.74, 6) is -1.26. The Morgan fingerprint density at radius 1 is 0.571 bits per heavy atom. The maximum absolute atomic E-state index is 12.2. The van der Waals surface area contributed by atoms with E-state index in [1.807, 2.05) is 13.8 Å². The number of esters is 2. The van der Waals surface area contributed by atoms with Crippen molar-refractivity contribution in [1.82, 2.24) is 0 Å². The third-order valence-electron chi connectivity index (χ3n) is 6.28. The van der Waals surface area contributed by atoms with E-state index in [4.69, 9.17) is 9.47 Å². The largest absolute Gasteiger partial charge is 0.463 e. The number of aliphatic hydroxyl groups is 1. The van der Waals surface area contributed by atoms with Gasteiger partial charge in [0.25, 0.3) is 0 Å². The molecule has 2 atom stereocenters. The highest BCUT2D eigenvalue weighted by Crippen LogP contribution is 2.14. The van der Waals surface area contributed by atoms with Crippen molar-refractivity contribution in [2.75, 3.05) is 6.61 Å². The van der Waals surface area contributed by atoms with E-state index in [0.717, 1.165) is 19.3 Å². The summed E-state index contributed by atoms with van der Waals surface area (Å²) in [5, 5.41) is 10.3. The third kappa shape index (κ3) is 20.5. The highest BCUT2D eigenvalue weighted by Gasteiger charge is 2.30. The minimum Gasteiger partial charge on any atom is -0.463 e. The van der Waals surface area contributed by atoms with Crippen LogP contribution in [0.4, 0.5) is 0 Å². The fourth-order valence-electron chi connectivity index (χ4n) is 4.13. The molecule has 0 aromatic carbocycles. The first kappa shape index (κ1) is 33.6. The molecular weight excluding hydrogens is 444 g/mol. The molecule has 1 N–H and O–H groups in total. The third-order valence-corrected chi connectivity index (χ3v) is 6.28. The van der Waals surface area contributed by atoms with Crippen LogP contribution >= 0.6 is 0 Å². The number of hydrogen-bond donors (Lipinski definition) is 1. The lowest BCUT2D eigenvalue weighted by atomic mass is 10.0. The summed E-state index contributed by atoms with van der Waals surface area (Å²) in [6.07, 6.45) is 18.2. The Hall–Kier alpha value is -1.43. The van der Waals surface area contributed by atoms with Crippen LogP contribution < -0.4 is 0 Å². The highest BCUT2D eigenvalue weighted by molar-refractivity contribution is 5.86. The van der Waals surface area contributed by atoms with Crippen molar-refractivity contribution in [3.63, 3.8) is 0 Å². The SMILES string of the molecule is CCCCCCCCCCCCCCCCCC(=O)OCC(O)C(OC(=O)CCC)C(=O)CCC. The predicted molar refractivity (Wildman–Crippen MR) is 141 cm³/mol. The number of Topliss-reactive ketones (excluding diaryl/α,β-unsaturated/α-hetero) is 1. The van der Waals surface area contributed by atoms with Crippen LogP contribution in [0, 0.1) is 0 Å². The van der Waals surface area contributed by atoms with Crippen molar-refractivity contribution in [2.24, 2.45) is 0 Å². The molecule has 0 saturated carbocycles. The van der Waals surface area contributed by atoms with Gasteiger partial charge in [0.2, 0.25) is 0 Å². The Balaban J connectivity index is 3.79. The van der Waals surface area contributed by atoms with Crippen LogP contribution in [-0.2, 0) is 23.9 Å². The van der Waals surface area contributed by atoms with E-state index >= 15 is 0 Å². The molecule has 206 valence electrons. The highest BCUT2D eigenvalue weighted by atomic mass is 16.6. The molecule has 0 aromatic heterocycles. The lowest BCUT2D eigenvalue weighted by Gasteiger charge is -2.22. The van der Waals surface area contributed by atoms with Gasteiger partial charge in [-0.25, -0.2) is 0 Å². The van der Waals surface area contributed by atoms with E-state index in [9.17, 15) is 19.5 Å². The number of unbranched alkanes of at least 4 members (excludes halogenated alkanes) is 14. The summed E-state index contributed by atoms with van der Waals surface area (Å²) in [6.45, 7) is 5.59. The Kier molecular flexibility index (Phi) is 23.3. The van der Waals surface area contributed by atoms with Crippen molar-refractivity contribution in [3.05, 3.63) is 0 Å². The van der Waals surface area contributed by atoms with Crippen LogP contribution in [0.5, 0.6) is 0 Å². The molecule has 35 heavy (non-hydrogen) atoms. The minimum absolute atomic E-state index is 0.182. The van der Waals surface area contributed by atoms with Gasteiger partial charge in [0, 0.05) is 19.3 Å². The molecule has 0 aromatic rings. The van der Waals surface area contributed by atoms with Crippen LogP contribution in [0.15, 0.2) is 0 Å². The molecule has 0 spiro atoms. The second-order valence-electron chi connectivity index (χ2n) is 9.83. The number of rotatable bonds is 25. The molecule has 6 heteroatoms. The maximum atomic E-state index is 12.2. The number of hydrogen-bond acceptors (Lipinski definition) is 6. The first-order valence-corrected chi connectivity index (χ1v) is 14.5. The van der Waals surface area contributed by atoms with Crippen LogP contribution in [0.25, 0.3) is 0 Å². The number of ether oxygens (including phenoxy) is 2. The van der Waals surface area contributed by atoms with Crippen LogP contribution in [0.2, 0.25) is 0 Å². The Morgan fingerprint density at radius 3 is 1.49 bits per heavy atom. The first-order valence-electron chi connectivity index (χ1n) is 14.5. The molecule has 0 bridgehead atoms. The molecule has 0 fully saturated rings. The van der Waals surface area contributed by atoms with E-state index in [1.54, 1.807) is 0 Å². The van der Waals surface area contributed by atoms with Crippen molar-refractivity contribution < 1.29 is 29.0 Å². The van der Waals surface area contributed by atoms with Gasteiger partial charge in [0.15, 0.2) is 11.9 Å². The van der Waals surface area contributed by atoms with E-state index in [-0.39, 0.29) is 31.2 Å². The summed E-state index contributed by atoms with van der Waals surface area (Å²) in [6, 6.07) is 0. The van der Waals surface area contributed by atoms with Gasteiger partial charge in [-0.2, -0.15) is 0 Å². The number of ketones is 1. The predicted octanol–water partition coefficient (Wildman–Crippen LogP) is 7.23. The zero-order valence-electron chi connectivity index (χ0n) is 23.0. The standard InChI is InChI=1S/C29H54O6/c1-4-7-8-9-10-11-12-13-14-15-16-17-18-19-20-23-27(32)34-24-26(31)29(25(30)21-5-2)35-28(33)22-6-3/h26,29,31H,4-24H2,1-3H3. The van der Waals surface area contributed by atoms with Gasteiger partial charge >= 0.3 is 11.9 Å². The van der Waals surface area contributed by atoms with Gasteiger partial charge in [0.05, 0.1) is 0 Å². The van der Waals surface area contributed by atoms with Crippen molar-refractivity contribution in [3.8, 4) is 0 Å². The Morgan fingerprint density at radius 2 is 1.03 bits per heavy atom. The summed E-state index contributed by atoms with van der Waals surface area (Å²) in [7, 11) is 0. The van der Waals surface area contributed by atoms with Crippen LogP contribution in [-0.4, -0.2) is 41.6 Å². The number of aliphatic hydroxyl groups excluding tert-OH is 1. The Labute approximate surface area is 214 Å². The molecule has 0 aliphatic carbocycles. The first-order chi connectivity index (χ1) is 17.0. The average molecular weight is 499 g/mol. The second-order valence-corrected chi connectivity index (χ2v) is 9.83. The molecule has 0 aliphatic rings. The monoisotopic (exact) mass is 498 g/mol. The van der Waals surface area contributed by atoms with Crippen LogP contribution in [0.3, 0.4) is 0 Å². The summed E-state index contributed by atoms with van der Waals surface area (Å²) in [4.78, 5) is 36.0. The average Bonchev–Trinajstić information content (AvgIpc) is 2.83. The van der Waals surface area contributed by atoms with Gasteiger partial charge in [-0.05, 0) is 19.3 Å². The summed E-state index contributed by atoms with van der Waals surface area (Å²) >= 11 is 0. The molecule has 2 unspecified atom stereocenters. The lowest BCUT2D eigenvalue weighted by Crippen LogP contribution is -2.41. The molecular formula is C29H54O6. The normalized spacial score (nSPS) is 12.8. The van der Waals surface area contributed by atoms with E-state index in [0.29, 0.717) is 19.3 Å². The van der Waals surface area contributed by atoms with Crippen molar-refractivity contribution in [1.29, 1.82) is 0 Å². The van der Waals surface area contributed by atoms with Gasteiger partial charge in [-0.15, -0.1) is 0 Å². The maximum Gasteiger partial charge on any atom is 0.306 e.